The molecule has 112 valence electrons. The Balaban J connectivity index is 1.60. The number of carbonyl (C=O) groups is 1. The molecule has 0 aliphatic carbocycles. The van der Waals surface area contributed by atoms with Gasteiger partial charge in [-0.3, -0.25) is 14.4 Å². The fourth-order valence-corrected chi connectivity index (χ4v) is 2.85. The lowest BCUT2D eigenvalue weighted by Crippen LogP contribution is -2.22. The Hall–Kier alpha value is -2.08. The Kier molecular flexibility index (Phi) is 3.79. The lowest BCUT2D eigenvalue weighted by atomic mass is 10.3. The summed E-state index contributed by atoms with van der Waals surface area (Å²) >= 11 is 0. The van der Waals surface area contributed by atoms with Crippen LogP contribution in [0.2, 0.25) is 0 Å². The third-order valence-corrected chi connectivity index (χ3v) is 3.97. The fourth-order valence-electron chi connectivity index (χ4n) is 2.85. The molecule has 1 N–H and O–H groups in total. The minimum Gasteiger partial charge on any atom is -0.353 e. The van der Waals surface area contributed by atoms with Crippen molar-refractivity contribution in [3.8, 4) is 0 Å². The largest absolute Gasteiger partial charge is 0.353 e. The number of hydrogen-bond donors (Lipinski definition) is 1. The predicted octanol–water partition coefficient (Wildman–Crippen LogP) is 1.63. The van der Waals surface area contributed by atoms with Gasteiger partial charge in [0.2, 0.25) is 5.91 Å². The van der Waals surface area contributed by atoms with Gasteiger partial charge >= 0.3 is 0 Å². The Bertz CT molecular complexity index is 630. The van der Waals surface area contributed by atoms with Crippen molar-refractivity contribution in [2.24, 2.45) is 7.05 Å². The summed E-state index contributed by atoms with van der Waals surface area (Å²) in [7, 11) is 2.08. The van der Waals surface area contributed by atoms with Gasteiger partial charge in [0.1, 0.15) is 0 Å². The van der Waals surface area contributed by atoms with Crippen molar-refractivity contribution >= 4 is 11.7 Å². The van der Waals surface area contributed by atoms with Gasteiger partial charge in [-0.15, -0.1) is 0 Å². The maximum Gasteiger partial charge on any atom is 0.222 e. The van der Waals surface area contributed by atoms with Crippen LogP contribution in [0.25, 0.3) is 0 Å². The first-order valence-electron chi connectivity index (χ1n) is 7.27. The molecule has 1 aliphatic heterocycles. The first kappa shape index (κ1) is 13.9. The van der Waals surface area contributed by atoms with Crippen LogP contribution in [0, 0.1) is 0 Å². The van der Waals surface area contributed by atoms with Crippen LogP contribution in [-0.2, 0) is 18.4 Å². The molecule has 1 saturated heterocycles. The highest BCUT2D eigenvalue weighted by Crippen LogP contribution is 2.23. The van der Waals surface area contributed by atoms with Crippen LogP contribution in [0.15, 0.2) is 30.6 Å². The summed E-state index contributed by atoms with van der Waals surface area (Å²) in [6, 6.07) is 6.47. The molecule has 2 aromatic rings. The van der Waals surface area contributed by atoms with Crippen LogP contribution in [0.3, 0.4) is 0 Å². The summed E-state index contributed by atoms with van der Waals surface area (Å²) in [4.78, 5) is 13.5. The summed E-state index contributed by atoms with van der Waals surface area (Å²) in [5, 5.41) is 7.15. The molecule has 1 fully saturated rings. The van der Waals surface area contributed by atoms with E-state index in [9.17, 15) is 4.79 Å². The van der Waals surface area contributed by atoms with Crippen molar-refractivity contribution in [3.63, 3.8) is 0 Å². The van der Waals surface area contributed by atoms with Crippen molar-refractivity contribution in [1.29, 1.82) is 0 Å². The Morgan fingerprint density at radius 1 is 1.43 bits per heavy atom. The maximum atomic E-state index is 11.0. The van der Waals surface area contributed by atoms with Crippen LogP contribution < -0.4 is 5.32 Å². The smallest absolute Gasteiger partial charge is 0.222 e. The molecule has 1 aliphatic rings. The van der Waals surface area contributed by atoms with Gasteiger partial charge in [-0.25, -0.2) is 0 Å². The second-order valence-corrected chi connectivity index (χ2v) is 5.65. The highest BCUT2D eigenvalue weighted by atomic mass is 16.1. The molecule has 0 radical (unpaired) electrons. The number of rotatable bonds is 4. The molecule has 6 nitrogen and oxygen atoms in total. The second kappa shape index (κ2) is 5.73. The van der Waals surface area contributed by atoms with E-state index in [0.717, 1.165) is 26.1 Å². The van der Waals surface area contributed by atoms with E-state index >= 15 is 0 Å². The number of nitrogens with zero attached hydrogens (tertiary/aromatic N) is 4. The molecule has 1 unspecified atom stereocenters. The molecule has 0 spiro atoms. The predicted molar refractivity (Wildman–Crippen MR) is 80.9 cm³/mol. The lowest BCUT2D eigenvalue weighted by Gasteiger charge is -2.16. The summed E-state index contributed by atoms with van der Waals surface area (Å²) in [6.45, 7) is 4.54. The Labute approximate surface area is 124 Å². The average molecular weight is 287 g/mol. The number of nitrogens with one attached hydrogen (secondary N) is 1. The number of anilines is 1. The number of carbonyl (C=O) groups excluding carboxylic acids is 1. The van der Waals surface area contributed by atoms with Gasteiger partial charge in [-0.2, -0.15) is 5.10 Å². The monoisotopic (exact) mass is 287 g/mol. The minimum absolute atomic E-state index is 0.0861. The van der Waals surface area contributed by atoms with Crippen molar-refractivity contribution in [3.05, 3.63) is 36.3 Å². The van der Waals surface area contributed by atoms with E-state index in [1.54, 1.807) is 0 Å². The van der Waals surface area contributed by atoms with Crippen molar-refractivity contribution in [2.75, 3.05) is 18.4 Å². The number of likely N-dealkylation sites (tertiary alicyclic amines) is 1. The molecule has 1 atom stereocenters. The first-order valence-corrected chi connectivity index (χ1v) is 7.27. The molecule has 0 bridgehead atoms. The summed E-state index contributed by atoms with van der Waals surface area (Å²) in [5.74, 6) is 0.542. The highest BCUT2D eigenvalue weighted by molar-refractivity contribution is 5.87. The molecule has 6 heteroatoms. The van der Waals surface area contributed by atoms with Crippen LogP contribution in [0.5, 0.6) is 0 Å². The van der Waals surface area contributed by atoms with Crippen LogP contribution in [-0.4, -0.2) is 38.2 Å². The standard InChI is InChI=1S/C15H21N5O/c1-12(21)16-15-6-9-20(17-15)14-5-8-19(11-14)10-13-4-3-7-18(13)2/h3-4,6-7,9,14H,5,8,10-11H2,1-2H3,(H,16,17,21). The van der Waals surface area contributed by atoms with Gasteiger partial charge in [-0.05, 0) is 18.6 Å². The van der Waals surface area contributed by atoms with Gasteiger partial charge in [0.25, 0.3) is 0 Å². The number of aromatic nitrogens is 3. The number of hydrogen-bond acceptors (Lipinski definition) is 3. The second-order valence-electron chi connectivity index (χ2n) is 5.65. The van der Waals surface area contributed by atoms with Crippen LogP contribution in [0.4, 0.5) is 5.82 Å². The molecule has 2 aromatic heterocycles. The van der Waals surface area contributed by atoms with E-state index < -0.39 is 0 Å². The summed E-state index contributed by atoms with van der Waals surface area (Å²) in [6.07, 6.45) is 5.11. The Morgan fingerprint density at radius 3 is 3.00 bits per heavy atom. The third-order valence-electron chi connectivity index (χ3n) is 3.97. The Morgan fingerprint density at radius 2 is 2.29 bits per heavy atom. The summed E-state index contributed by atoms with van der Waals surface area (Å²) in [5.41, 5.74) is 1.33. The van der Waals surface area contributed by atoms with E-state index in [0.29, 0.717) is 11.9 Å². The SMILES string of the molecule is CC(=O)Nc1ccn(C2CCN(Cc3cccn3C)C2)n1. The lowest BCUT2D eigenvalue weighted by molar-refractivity contribution is -0.114. The molecule has 21 heavy (non-hydrogen) atoms. The quantitative estimate of drug-likeness (QED) is 0.930. The molecule has 0 saturated carbocycles. The van der Waals surface area contributed by atoms with Gasteiger partial charge in [-0.1, -0.05) is 0 Å². The molecule has 1 amide bonds. The fraction of sp³-hybridized carbons (Fsp3) is 0.467. The van der Waals surface area contributed by atoms with Gasteiger partial charge in [0.05, 0.1) is 6.04 Å². The minimum atomic E-state index is -0.0861. The van der Waals surface area contributed by atoms with Gasteiger partial charge in [0, 0.05) is 57.8 Å². The van der Waals surface area contributed by atoms with Crippen molar-refractivity contribution in [2.45, 2.75) is 25.9 Å². The van der Waals surface area contributed by atoms with Crippen molar-refractivity contribution < 1.29 is 4.79 Å². The van der Waals surface area contributed by atoms with Crippen molar-refractivity contribution in [1.82, 2.24) is 19.2 Å². The molecule has 0 aromatic carbocycles. The topological polar surface area (TPSA) is 55.1 Å². The zero-order chi connectivity index (χ0) is 14.8. The van der Waals surface area contributed by atoms with E-state index in [1.165, 1.54) is 12.6 Å². The van der Waals surface area contributed by atoms with E-state index in [2.05, 4.69) is 45.3 Å². The highest BCUT2D eigenvalue weighted by Gasteiger charge is 2.25. The zero-order valence-corrected chi connectivity index (χ0v) is 12.5. The van der Waals surface area contributed by atoms with Gasteiger partial charge < -0.3 is 9.88 Å². The number of aryl methyl sites for hydroxylation is 1. The van der Waals surface area contributed by atoms with Crippen LogP contribution in [0.1, 0.15) is 25.1 Å². The molecular weight excluding hydrogens is 266 g/mol. The van der Waals surface area contributed by atoms with E-state index in [-0.39, 0.29) is 5.91 Å². The molecule has 3 heterocycles. The molecular formula is C15H21N5O. The maximum absolute atomic E-state index is 11.0. The third kappa shape index (κ3) is 3.16. The summed E-state index contributed by atoms with van der Waals surface area (Å²) < 4.78 is 4.13. The zero-order valence-electron chi connectivity index (χ0n) is 12.5. The average Bonchev–Trinajstić information content (AvgIpc) is 3.12. The van der Waals surface area contributed by atoms with Gasteiger partial charge in [0.15, 0.2) is 5.82 Å². The number of amides is 1. The van der Waals surface area contributed by atoms with Crippen LogP contribution >= 0.6 is 0 Å². The first-order chi connectivity index (χ1) is 10.1. The van der Waals surface area contributed by atoms with E-state index in [4.69, 9.17) is 0 Å². The molecule has 3 rings (SSSR count). The van der Waals surface area contributed by atoms with E-state index in [1.807, 2.05) is 16.9 Å². The normalized spacial score (nSPS) is 19.0.